The maximum absolute atomic E-state index is 12.0. The molecule has 2 saturated heterocycles. The van der Waals surface area contributed by atoms with Crippen LogP contribution in [0.5, 0.6) is 0 Å². The van der Waals surface area contributed by atoms with Crippen LogP contribution in [0.4, 0.5) is 0 Å². The van der Waals surface area contributed by atoms with Crippen molar-refractivity contribution < 1.29 is 9.59 Å². The molecule has 2 aliphatic rings. The lowest BCUT2D eigenvalue weighted by atomic mass is 10.1. The van der Waals surface area contributed by atoms with Gasteiger partial charge < -0.3 is 20.4 Å². The number of amides is 2. The normalized spacial score (nSPS) is 17.3. The molecular weight excluding hydrogens is 531 g/mol. The lowest BCUT2D eigenvalue weighted by Gasteiger charge is -2.36. The zero-order valence-corrected chi connectivity index (χ0v) is 22.5. The highest BCUT2D eigenvalue weighted by Gasteiger charge is 2.22. The molecule has 9 heteroatoms. The maximum atomic E-state index is 12.0. The number of carbonyl (C=O) groups excluding carboxylic acids is 2. The van der Waals surface area contributed by atoms with Crippen LogP contribution >= 0.6 is 24.0 Å². The molecule has 0 aromatic heterocycles. The van der Waals surface area contributed by atoms with Gasteiger partial charge in [0.2, 0.25) is 11.8 Å². The second-order valence-electron chi connectivity index (χ2n) is 8.89. The van der Waals surface area contributed by atoms with E-state index in [0.717, 1.165) is 62.8 Å². The van der Waals surface area contributed by atoms with E-state index in [1.54, 1.807) is 0 Å². The van der Waals surface area contributed by atoms with Gasteiger partial charge in [0.1, 0.15) is 0 Å². The number of nitrogens with one attached hydrogen (secondary N) is 2. The zero-order chi connectivity index (χ0) is 22.9. The quantitative estimate of drug-likeness (QED) is 0.284. The largest absolute Gasteiger partial charge is 0.357 e. The van der Waals surface area contributed by atoms with E-state index in [4.69, 9.17) is 4.99 Å². The molecule has 0 atom stereocenters. The molecule has 1 aromatic rings. The van der Waals surface area contributed by atoms with E-state index in [1.165, 1.54) is 0 Å². The number of aliphatic imine (C=N–C) groups is 1. The predicted octanol–water partition coefficient (Wildman–Crippen LogP) is 2.03. The van der Waals surface area contributed by atoms with Crippen LogP contribution in [0.2, 0.25) is 0 Å². The molecule has 2 heterocycles. The van der Waals surface area contributed by atoms with Gasteiger partial charge in [-0.1, -0.05) is 24.3 Å². The van der Waals surface area contributed by atoms with E-state index in [1.807, 2.05) is 18.7 Å². The number of carbonyl (C=O) groups is 2. The summed E-state index contributed by atoms with van der Waals surface area (Å²) >= 11 is 0. The van der Waals surface area contributed by atoms with Crippen molar-refractivity contribution in [3.8, 4) is 0 Å². The third-order valence-corrected chi connectivity index (χ3v) is 5.77. The SMILES string of the molecule is CCNC(=NCc1cccc(CN2CCCC2=O)c1)N1CCN(CC(=O)NC(C)C)CC1.I. The van der Waals surface area contributed by atoms with Crippen molar-refractivity contribution in [2.45, 2.75) is 52.7 Å². The van der Waals surface area contributed by atoms with Crippen LogP contribution in [-0.4, -0.2) is 84.3 Å². The van der Waals surface area contributed by atoms with Crippen molar-refractivity contribution in [2.24, 2.45) is 4.99 Å². The van der Waals surface area contributed by atoms with Crippen LogP contribution in [-0.2, 0) is 22.7 Å². The molecule has 0 bridgehead atoms. The van der Waals surface area contributed by atoms with Gasteiger partial charge in [0.25, 0.3) is 0 Å². The molecule has 2 amide bonds. The molecule has 0 radical (unpaired) electrons. The summed E-state index contributed by atoms with van der Waals surface area (Å²) in [5.74, 6) is 1.26. The van der Waals surface area contributed by atoms with Crippen LogP contribution in [0.25, 0.3) is 0 Å². The van der Waals surface area contributed by atoms with Gasteiger partial charge in [-0.2, -0.15) is 0 Å². The van der Waals surface area contributed by atoms with Crippen LogP contribution in [0, 0.1) is 0 Å². The van der Waals surface area contributed by atoms with Gasteiger partial charge in [-0.15, -0.1) is 24.0 Å². The Morgan fingerprint density at radius 3 is 2.48 bits per heavy atom. The predicted molar refractivity (Wildman–Crippen MR) is 143 cm³/mol. The van der Waals surface area contributed by atoms with Crippen LogP contribution in [0.3, 0.4) is 0 Å². The number of halogens is 1. The van der Waals surface area contributed by atoms with E-state index in [9.17, 15) is 9.59 Å². The van der Waals surface area contributed by atoms with Crippen LogP contribution in [0.15, 0.2) is 29.3 Å². The highest BCUT2D eigenvalue weighted by atomic mass is 127. The molecule has 1 aromatic carbocycles. The average molecular weight is 571 g/mol. The van der Waals surface area contributed by atoms with E-state index < -0.39 is 0 Å². The molecule has 184 valence electrons. The fourth-order valence-corrected chi connectivity index (χ4v) is 4.20. The molecule has 2 fully saturated rings. The summed E-state index contributed by atoms with van der Waals surface area (Å²) < 4.78 is 0. The minimum Gasteiger partial charge on any atom is -0.357 e. The molecule has 0 aliphatic carbocycles. The molecule has 8 nitrogen and oxygen atoms in total. The van der Waals surface area contributed by atoms with Gasteiger partial charge in [-0.05, 0) is 38.3 Å². The van der Waals surface area contributed by atoms with Crippen molar-refractivity contribution in [3.63, 3.8) is 0 Å². The minimum atomic E-state index is 0. The van der Waals surface area contributed by atoms with Gasteiger partial charge >= 0.3 is 0 Å². The zero-order valence-electron chi connectivity index (χ0n) is 20.2. The first kappa shape index (κ1) is 27.4. The number of guanidine groups is 1. The highest BCUT2D eigenvalue weighted by molar-refractivity contribution is 14.0. The average Bonchev–Trinajstić information content (AvgIpc) is 3.16. The number of benzene rings is 1. The van der Waals surface area contributed by atoms with Crippen molar-refractivity contribution in [1.29, 1.82) is 0 Å². The fraction of sp³-hybridized carbons (Fsp3) is 0.625. The fourth-order valence-electron chi connectivity index (χ4n) is 4.20. The number of rotatable bonds is 8. The number of hydrogen-bond acceptors (Lipinski definition) is 4. The number of hydrogen-bond donors (Lipinski definition) is 2. The van der Waals surface area contributed by atoms with Crippen molar-refractivity contribution >= 4 is 41.8 Å². The smallest absolute Gasteiger partial charge is 0.234 e. The summed E-state index contributed by atoms with van der Waals surface area (Å²) in [6.07, 6.45) is 1.64. The Morgan fingerprint density at radius 2 is 1.85 bits per heavy atom. The summed E-state index contributed by atoms with van der Waals surface area (Å²) in [6, 6.07) is 8.55. The molecule has 2 N–H and O–H groups in total. The maximum Gasteiger partial charge on any atom is 0.234 e. The van der Waals surface area contributed by atoms with Crippen molar-refractivity contribution in [1.82, 2.24) is 25.3 Å². The van der Waals surface area contributed by atoms with Crippen LogP contribution < -0.4 is 10.6 Å². The summed E-state index contributed by atoms with van der Waals surface area (Å²) in [5.41, 5.74) is 2.31. The monoisotopic (exact) mass is 570 g/mol. The molecule has 0 saturated carbocycles. The Kier molecular flexibility index (Phi) is 11.4. The van der Waals surface area contributed by atoms with Gasteiger partial charge in [0.15, 0.2) is 5.96 Å². The van der Waals surface area contributed by atoms with Crippen LogP contribution in [0.1, 0.15) is 44.7 Å². The van der Waals surface area contributed by atoms with E-state index in [0.29, 0.717) is 26.1 Å². The third-order valence-electron chi connectivity index (χ3n) is 5.77. The second kappa shape index (κ2) is 13.7. The van der Waals surface area contributed by atoms with Gasteiger partial charge in [-0.25, -0.2) is 4.99 Å². The van der Waals surface area contributed by atoms with Gasteiger partial charge in [0.05, 0.1) is 13.1 Å². The standard InChI is InChI=1S/C24H38N6O2.HI/c1-4-25-24(29-13-11-28(12-14-29)18-22(31)27-19(2)3)26-16-20-7-5-8-21(15-20)17-30-10-6-9-23(30)32;/h5,7-8,15,19H,4,6,9-14,16-18H2,1-3H3,(H,25,26)(H,27,31);1H. The van der Waals surface area contributed by atoms with Crippen molar-refractivity contribution in [3.05, 3.63) is 35.4 Å². The summed E-state index contributed by atoms with van der Waals surface area (Å²) in [7, 11) is 0. The molecule has 3 rings (SSSR count). The number of nitrogens with zero attached hydrogens (tertiary/aromatic N) is 4. The van der Waals surface area contributed by atoms with Gasteiger partial charge in [-0.3, -0.25) is 14.5 Å². The Balaban J connectivity index is 0.00000385. The number of piperazine rings is 1. The molecular formula is C24H39IN6O2. The van der Waals surface area contributed by atoms with E-state index in [2.05, 4.69) is 51.6 Å². The Bertz CT molecular complexity index is 808. The lowest BCUT2D eigenvalue weighted by Crippen LogP contribution is -2.54. The highest BCUT2D eigenvalue weighted by Crippen LogP contribution is 2.15. The summed E-state index contributed by atoms with van der Waals surface area (Å²) in [6.45, 7) is 12.8. The second-order valence-corrected chi connectivity index (χ2v) is 8.89. The first-order chi connectivity index (χ1) is 15.4. The van der Waals surface area contributed by atoms with E-state index in [-0.39, 0.29) is 41.8 Å². The van der Waals surface area contributed by atoms with E-state index >= 15 is 0 Å². The first-order valence-corrected chi connectivity index (χ1v) is 11.8. The molecule has 2 aliphatic heterocycles. The minimum absolute atomic E-state index is 0. The Morgan fingerprint density at radius 1 is 1.12 bits per heavy atom. The Hall–Kier alpha value is -1.88. The van der Waals surface area contributed by atoms with Gasteiger partial charge in [0, 0.05) is 58.3 Å². The molecule has 33 heavy (non-hydrogen) atoms. The molecule has 0 unspecified atom stereocenters. The first-order valence-electron chi connectivity index (χ1n) is 11.8. The Labute approximate surface area is 215 Å². The third kappa shape index (κ3) is 8.77. The van der Waals surface area contributed by atoms with Crippen molar-refractivity contribution in [2.75, 3.05) is 45.8 Å². The lowest BCUT2D eigenvalue weighted by molar-refractivity contribution is -0.128. The topological polar surface area (TPSA) is 80.3 Å². The molecule has 0 spiro atoms. The summed E-state index contributed by atoms with van der Waals surface area (Å²) in [4.78, 5) is 35.2. The number of likely N-dealkylation sites (tertiary alicyclic amines) is 1. The summed E-state index contributed by atoms with van der Waals surface area (Å²) in [5, 5.41) is 6.37.